The van der Waals surface area contributed by atoms with Crippen molar-refractivity contribution in [3.8, 4) is 11.5 Å². The van der Waals surface area contributed by atoms with Gasteiger partial charge in [-0.2, -0.15) is 0 Å². The summed E-state index contributed by atoms with van der Waals surface area (Å²) in [4.78, 5) is 14.4. The van der Waals surface area contributed by atoms with Gasteiger partial charge in [-0.1, -0.05) is 67.6 Å². The first-order valence-corrected chi connectivity index (χ1v) is 9.99. The Hall–Kier alpha value is -3.34. The van der Waals surface area contributed by atoms with Crippen LogP contribution in [0.4, 0.5) is 0 Å². The molecule has 33 heavy (non-hydrogen) atoms. The molecule has 0 saturated heterocycles. The van der Waals surface area contributed by atoms with E-state index >= 15 is 0 Å². The summed E-state index contributed by atoms with van der Waals surface area (Å²) < 4.78 is 0. The fourth-order valence-electron chi connectivity index (χ4n) is 3.39. The van der Waals surface area contributed by atoms with E-state index in [2.05, 4.69) is 36.1 Å². The largest absolute Gasteiger partial charge is 0.508 e. The Balaban J connectivity index is 0.000000297. The van der Waals surface area contributed by atoms with Crippen LogP contribution in [0.25, 0.3) is 10.8 Å². The Morgan fingerprint density at radius 3 is 2.09 bits per heavy atom. The van der Waals surface area contributed by atoms with Crippen molar-refractivity contribution >= 4 is 16.7 Å². The van der Waals surface area contributed by atoms with Crippen LogP contribution in [-0.4, -0.2) is 26.5 Å². The second kappa shape index (κ2) is 12.1. The molecular formula is C26H24CrO6. The average Bonchev–Trinajstić information content (AvgIpc) is 2.80. The van der Waals surface area contributed by atoms with Crippen molar-refractivity contribution in [3.05, 3.63) is 107 Å². The molecule has 0 aliphatic rings. The molecule has 0 bridgehead atoms. The van der Waals surface area contributed by atoms with Gasteiger partial charge < -0.3 is 15.3 Å². The van der Waals surface area contributed by atoms with Crippen molar-refractivity contribution in [1.82, 2.24) is 0 Å². The van der Waals surface area contributed by atoms with Crippen LogP contribution >= 0.6 is 0 Å². The van der Waals surface area contributed by atoms with Gasteiger partial charge in [0.25, 0.3) is 0 Å². The Morgan fingerprint density at radius 1 is 0.818 bits per heavy atom. The minimum Gasteiger partial charge on any atom is -0.508 e. The molecule has 0 spiro atoms. The van der Waals surface area contributed by atoms with E-state index in [1.54, 1.807) is 18.2 Å². The summed E-state index contributed by atoms with van der Waals surface area (Å²) in [6.07, 6.45) is 0. The Kier molecular flexibility index (Phi) is 9.46. The van der Waals surface area contributed by atoms with Gasteiger partial charge in [-0.25, -0.2) is 9.68 Å². The maximum atomic E-state index is 10.3. The van der Waals surface area contributed by atoms with Crippen molar-refractivity contribution in [2.75, 3.05) is 0 Å². The predicted octanol–water partition coefficient (Wildman–Crippen LogP) is 5.77. The van der Waals surface area contributed by atoms with E-state index in [-0.39, 0.29) is 46.9 Å². The molecule has 0 aromatic heterocycles. The van der Waals surface area contributed by atoms with Crippen molar-refractivity contribution in [1.29, 1.82) is 0 Å². The Morgan fingerprint density at radius 2 is 1.48 bits per heavy atom. The molecule has 0 radical (unpaired) electrons. The van der Waals surface area contributed by atoms with Crippen LogP contribution in [0.1, 0.15) is 39.9 Å². The number of hydrogen-bond donors (Lipinski definition) is 4. The normalized spacial score (nSPS) is 11.1. The standard InChI is InChI=1S/C19H18O3.C7H6O3.Cr/c1-13(14-5-3-2-4-6-14)15-7-8-16-11-19(20)18(12-22-21)10-17(16)9-15;8-6-4-2-1-3-5(6)7(9)10;/h2-11,13,20-21H,12H2,1H3;1-4,8H,(H,9,10);. The van der Waals surface area contributed by atoms with Crippen molar-refractivity contribution in [3.63, 3.8) is 0 Å². The number of phenols is 2. The zero-order chi connectivity index (χ0) is 23.1. The third-order valence-corrected chi connectivity index (χ3v) is 5.22. The number of benzene rings is 4. The van der Waals surface area contributed by atoms with Crippen molar-refractivity contribution in [2.45, 2.75) is 19.4 Å². The zero-order valence-electron chi connectivity index (χ0n) is 17.9. The number of phenolic OH excluding ortho intramolecular Hbond substituents is 1. The van der Waals surface area contributed by atoms with Crippen LogP contribution in [0.3, 0.4) is 0 Å². The van der Waals surface area contributed by atoms with E-state index in [1.165, 1.54) is 23.3 Å². The van der Waals surface area contributed by atoms with Crippen LogP contribution in [0.2, 0.25) is 0 Å². The molecule has 0 saturated carbocycles. The summed E-state index contributed by atoms with van der Waals surface area (Å²) in [6, 6.07) is 25.9. The van der Waals surface area contributed by atoms with Crippen LogP contribution in [0.15, 0.2) is 84.9 Å². The third kappa shape index (κ3) is 6.58. The van der Waals surface area contributed by atoms with Gasteiger partial charge in [-0.3, -0.25) is 5.26 Å². The van der Waals surface area contributed by atoms with Gasteiger partial charge in [0.2, 0.25) is 0 Å². The van der Waals surface area contributed by atoms with Gasteiger partial charge in [0.1, 0.15) is 23.7 Å². The van der Waals surface area contributed by atoms with Gasteiger partial charge in [-0.15, -0.1) is 0 Å². The number of carboxylic acid groups (broad SMARTS) is 1. The van der Waals surface area contributed by atoms with Crippen molar-refractivity contribution in [2.24, 2.45) is 0 Å². The Bertz CT molecular complexity index is 1210. The quantitative estimate of drug-likeness (QED) is 0.212. The molecule has 7 heteroatoms. The maximum Gasteiger partial charge on any atom is 0.339 e. The van der Waals surface area contributed by atoms with E-state index in [9.17, 15) is 9.90 Å². The smallest absolute Gasteiger partial charge is 0.339 e. The number of hydrogen-bond acceptors (Lipinski definition) is 5. The van der Waals surface area contributed by atoms with Gasteiger partial charge in [0.15, 0.2) is 0 Å². The molecule has 0 heterocycles. The first-order valence-electron chi connectivity index (χ1n) is 9.99. The summed E-state index contributed by atoms with van der Waals surface area (Å²) >= 11 is 0. The average molecular weight is 484 g/mol. The molecule has 0 aliphatic carbocycles. The third-order valence-electron chi connectivity index (χ3n) is 5.22. The van der Waals surface area contributed by atoms with Gasteiger partial charge in [0.05, 0.1) is 0 Å². The molecule has 4 aromatic carbocycles. The first kappa shape index (κ1) is 25.9. The fraction of sp³-hybridized carbons (Fsp3) is 0.115. The van der Waals surface area contributed by atoms with E-state index in [4.69, 9.17) is 15.5 Å². The molecule has 0 amide bonds. The van der Waals surface area contributed by atoms with Gasteiger partial charge in [-0.05, 0) is 46.2 Å². The zero-order valence-corrected chi connectivity index (χ0v) is 19.2. The Labute approximate surface area is 202 Å². The minimum absolute atomic E-state index is 0. The van der Waals surface area contributed by atoms with E-state index in [1.807, 2.05) is 30.3 Å². The van der Waals surface area contributed by atoms with Crippen LogP contribution in [0, 0.1) is 0 Å². The fourth-order valence-corrected chi connectivity index (χ4v) is 3.39. The van der Waals surface area contributed by atoms with E-state index in [0.717, 1.165) is 10.8 Å². The summed E-state index contributed by atoms with van der Waals surface area (Å²) in [5, 5.41) is 37.8. The second-order valence-corrected chi connectivity index (χ2v) is 7.32. The first-order chi connectivity index (χ1) is 15.4. The maximum absolute atomic E-state index is 10.3. The molecular weight excluding hydrogens is 460 g/mol. The molecule has 6 nitrogen and oxygen atoms in total. The van der Waals surface area contributed by atoms with Crippen LogP contribution in [0.5, 0.6) is 11.5 Å². The number of fused-ring (bicyclic) bond motifs is 1. The topological polar surface area (TPSA) is 107 Å². The van der Waals surface area contributed by atoms with Crippen LogP contribution in [-0.2, 0) is 28.9 Å². The minimum atomic E-state index is -1.11. The molecule has 1 unspecified atom stereocenters. The number of aromatic hydroxyl groups is 2. The molecule has 4 N–H and O–H groups in total. The van der Waals surface area contributed by atoms with Crippen LogP contribution < -0.4 is 0 Å². The van der Waals surface area contributed by atoms with Crippen molar-refractivity contribution < 1.29 is 47.6 Å². The molecule has 0 fully saturated rings. The van der Waals surface area contributed by atoms with Gasteiger partial charge >= 0.3 is 5.97 Å². The van der Waals surface area contributed by atoms with Gasteiger partial charge in [0, 0.05) is 28.8 Å². The summed E-state index contributed by atoms with van der Waals surface area (Å²) in [5.41, 5.74) is 2.97. The molecule has 4 aromatic rings. The number of carbonyl (C=O) groups is 1. The van der Waals surface area contributed by atoms with E-state index < -0.39 is 5.97 Å². The SMILES string of the molecule is CC(c1ccccc1)c1ccc2cc(O)c(COO)cc2c1.O=C(O)c1ccccc1O.[Cr]. The molecule has 0 aliphatic heterocycles. The summed E-state index contributed by atoms with van der Waals surface area (Å²) in [7, 11) is 0. The number of para-hydroxylation sites is 1. The summed E-state index contributed by atoms with van der Waals surface area (Å²) in [5.74, 6) is -0.893. The molecule has 4 rings (SSSR count). The molecule has 170 valence electrons. The predicted molar refractivity (Wildman–Crippen MR) is 122 cm³/mol. The number of carboxylic acids is 1. The monoisotopic (exact) mass is 484 g/mol. The van der Waals surface area contributed by atoms with E-state index in [0.29, 0.717) is 5.56 Å². The second-order valence-electron chi connectivity index (χ2n) is 7.32. The number of rotatable bonds is 5. The molecule has 1 atom stereocenters. The summed E-state index contributed by atoms with van der Waals surface area (Å²) in [6.45, 7) is 2.15. The number of aromatic carboxylic acids is 1.